The van der Waals surface area contributed by atoms with Gasteiger partial charge in [-0.1, -0.05) is 27.5 Å². The van der Waals surface area contributed by atoms with Crippen molar-refractivity contribution in [1.29, 1.82) is 0 Å². The normalized spacial score (nSPS) is 13.1. The molecule has 4 heteroatoms. The van der Waals surface area contributed by atoms with Gasteiger partial charge >= 0.3 is 0 Å². The van der Waals surface area contributed by atoms with Crippen molar-refractivity contribution in [3.05, 3.63) is 39.8 Å². The molecule has 1 atom stereocenters. The van der Waals surface area contributed by atoms with Gasteiger partial charge in [0, 0.05) is 15.6 Å². The Kier molecular flexibility index (Phi) is 5.15. The number of ether oxygens (including phenoxy) is 1. The van der Waals surface area contributed by atoms with Gasteiger partial charge in [-0.2, -0.15) is 0 Å². The average Bonchev–Trinajstić information content (AvgIpc) is 2.20. The van der Waals surface area contributed by atoms with Crippen molar-refractivity contribution in [2.24, 2.45) is 0 Å². The first-order chi connectivity index (χ1) is 7.15. The molecule has 2 nitrogen and oxygen atoms in total. The van der Waals surface area contributed by atoms with E-state index in [0.717, 1.165) is 10.0 Å². The van der Waals surface area contributed by atoms with E-state index in [1.807, 2.05) is 18.2 Å². The van der Waals surface area contributed by atoms with E-state index in [1.165, 1.54) is 5.54 Å². The lowest BCUT2D eigenvalue weighted by Crippen LogP contribution is -2.00. The second-order valence-electron chi connectivity index (χ2n) is 3.03. The summed E-state index contributed by atoms with van der Waals surface area (Å²) in [5, 5.41) is 9.54. The maximum atomic E-state index is 9.54. The molecule has 15 heavy (non-hydrogen) atoms. The lowest BCUT2D eigenvalue weighted by atomic mass is 10.1. The van der Waals surface area contributed by atoms with Gasteiger partial charge in [0.05, 0.1) is 6.10 Å². The molecule has 0 saturated heterocycles. The predicted molar refractivity (Wildman–Crippen MR) is 65.3 cm³/mol. The largest absolute Gasteiger partial charge is 0.489 e. The van der Waals surface area contributed by atoms with Gasteiger partial charge in [-0.05, 0) is 31.2 Å². The Labute approximate surface area is 103 Å². The maximum absolute atomic E-state index is 9.54. The van der Waals surface area contributed by atoms with Crippen LogP contribution in [0.25, 0.3) is 0 Å². The molecular weight excluding hydrogens is 279 g/mol. The zero-order valence-corrected chi connectivity index (χ0v) is 10.6. The first-order valence-electron chi connectivity index (χ1n) is 4.50. The highest BCUT2D eigenvalue weighted by Crippen LogP contribution is 2.28. The predicted octanol–water partition coefficient (Wildman–Crippen LogP) is 3.63. The Morgan fingerprint density at radius 3 is 2.93 bits per heavy atom. The van der Waals surface area contributed by atoms with E-state index >= 15 is 0 Å². The average molecular weight is 292 g/mol. The number of hydrogen-bond donors (Lipinski definition) is 1. The molecule has 0 aromatic heterocycles. The topological polar surface area (TPSA) is 29.5 Å². The van der Waals surface area contributed by atoms with Crippen molar-refractivity contribution < 1.29 is 9.84 Å². The molecule has 0 aliphatic heterocycles. The van der Waals surface area contributed by atoms with Crippen molar-refractivity contribution in [2.45, 2.75) is 13.0 Å². The van der Waals surface area contributed by atoms with Crippen molar-refractivity contribution >= 4 is 27.5 Å². The Bertz CT molecular complexity index is 350. The lowest BCUT2D eigenvalue weighted by Gasteiger charge is -2.12. The number of benzene rings is 1. The minimum Gasteiger partial charge on any atom is -0.489 e. The fourth-order valence-corrected chi connectivity index (χ4v) is 1.60. The van der Waals surface area contributed by atoms with E-state index in [0.29, 0.717) is 12.4 Å². The Hall–Kier alpha value is -0.510. The third kappa shape index (κ3) is 3.86. The van der Waals surface area contributed by atoms with E-state index in [4.69, 9.17) is 16.3 Å². The number of hydrogen-bond acceptors (Lipinski definition) is 2. The molecule has 0 heterocycles. The van der Waals surface area contributed by atoms with Crippen LogP contribution >= 0.6 is 27.5 Å². The Balaban J connectivity index is 2.85. The molecule has 0 saturated carbocycles. The third-order valence-corrected chi connectivity index (χ3v) is 2.52. The smallest absolute Gasteiger partial charge is 0.125 e. The van der Waals surface area contributed by atoms with E-state index < -0.39 is 6.10 Å². The maximum Gasteiger partial charge on any atom is 0.125 e. The number of halogens is 2. The molecule has 0 amide bonds. The summed E-state index contributed by atoms with van der Waals surface area (Å²) >= 11 is 8.72. The molecule has 1 N–H and O–H groups in total. The molecular formula is C11H12BrClO2. The highest BCUT2D eigenvalue weighted by atomic mass is 79.9. The molecule has 0 fully saturated rings. The van der Waals surface area contributed by atoms with Gasteiger partial charge in [-0.3, -0.25) is 0 Å². The monoisotopic (exact) mass is 290 g/mol. The quantitative estimate of drug-likeness (QED) is 0.918. The number of aliphatic hydroxyl groups is 1. The van der Waals surface area contributed by atoms with Gasteiger partial charge in [0.1, 0.15) is 12.4 Å². The van der Waals surface area contributed by atoms with Crippen LogP contribution in [0, 0.1) is 0 Å². The van der Waals surface area contributed by atoms with Crippen LogP contribution in [-0.4, -0.2) is 11.7 Å². The van der Waals surface area contributed by atoms with E-state index in [9.17, 15) is 5.11 Å². The van der Waals surface area contributed by atoms with Gasteiger partial charge in [0.25, 0.3) is 0 Å². The Morgan fingerprint density at radius 2 is 2.33 bits per heavy atom. The number of aliphatic hydroxyl groups excluding tert-OH is 1. The van der Waals surface area contributed by atoms with Gasteiger partial charge in [0.15, 0.2) is 0 Å². The van der Waals surface area contributed by atoms with Crippen molar-refractivity contribution in [3.63, 3.8) is 0 Å². The SMILES string of the molecule is C[C@@H](O)c1cc(Br)ccc1OCC=CCl. The van der Waals surface area contributed by atoms with Crippen LogP contribution < -0.4 is 4.74 Å². The zero-order valence-electron chi connectivity index (χ0n) is 8.28. The van der Waals surface area contributed by atoms with Gasteiger partial charge in [-0.15, -0.1) is 0 Å². The molecule has 0 spiro atoms. The first-order valence-corrected chi connectivity index (χ1v) is 5.73. The fraction of sp³-hybridized carbons (Fsp3) is 0.273. The molecule has 82 valence electrons. The summed E-state index contributed by atoms with van der Waals surface area (Å²) in [7, 11) is 0. The van der Waals surface area contributed by atoms with Crippen molar-refractivity contribution in [2.75, 3.05) is 6.61 Å². The van der Waals surface area contributed by atoms with Crippen LogP contribution in [0.3, 0.4) is 0 Å². The zero-order chi connectivity index (χ0) is 11.3. The van der Waals surface area contributed by atoms with Crippen LogP contribution in [0.4, 0.5) is 0 Å². The summed E-state index contributed by atoms with van der Waals surface area (Å²) in [5.74, 6) is 0.669. The van der Waals surface area contributed by atoms with Crippen LogP contribution in [0.1, 0.15) is 18.6 Å². The molecule has 0 unspecified atom stereocenters. The Morgan fingerprint density at radius 1 is 1.60 bits per heavy atom. The van der Waals surface area contributed by atoms with E-state index in [2.05, 4.69) is 15.9 Å². The van der Waals surface area contributed by atoms with Crippen molar-refractivity contribution in [1.82, 2.24) is 0 Å². The standard InChI is InChI=1S/C11H12BrClO2/c1-8(14)10-7-9(12)3-4-11(10)15-6-2-5-13/h2-5,7-8,14H,6H2,1H3/t8-/m1/s1. The highest BCUT2D eigenvalue weighted by molar-refractivity contribution is 9.10. The van der Waals surface area contributed by atoms with E-state index in [1.54, 1.807) is 13.0 Å². The van der Waals surface area contributed by atoms with Crippen LogP contribution in [0.15, 0.2) is 34.3 Å². The van der Waals surface area contributed by atoms with Gasteiger partial charge in [-0.25, -0.2) is 0 Å². The molecule has 0 radical (unpaired) electrons. The second-order valence-corrected chi connectivity index (χ2v) is 4.20. The summed E-state index contributed by atoms with van der Waals surface area (Å²) in [5.41, 5.74) is 2.16. The molecule has 1 aromatic carbocycles. The van der Waals surface area contributed by atoms with Crippen LogP contribution in [0.2, 0.25) is 0 Å². The highest BCUT2D eigenvalue weighted by Gasteiger charge is 2.09. The van der Waals surface area contributed by atoms with Gasteiger partial charge < -0.3 is 9.84 Å². The molecule has 0 aliphatic rings. The summed E-state index contributed by atoms with van der Waals surface area (Å²) < 4.78 is 6.36. The summed E-state index contributed by atoms with van der Waals surface area (Å²) in [4.78, 5) is 0. The van der Waals surface area contributed by atoms with Crippen LogP contribution in [0.5, 0.6) is 5.75 Å². The molecule has 0 aliphatic carbocycles. The lowest BCUT2D eigenvalue weighted by molar-refractivity contribution is 0.193. The summed E-state index contributed by atoms with van der Waals surface area (Å²) in [6.45, 7) is 2.09. The van der Waals surface area contributed by atoms with Crippen molar-refractivity contribution in [3.8, 4) is 5.75 Å². The molecule has 1 rings (SSSR count). The molecule has 1 aromatic rings. The van der Waals surface area contributed by atoms with E-state index in [-0.39, 0.29) is 0 Å². The third-order valence-electron chi connectivity index (χ3n) is 1.85. The summed E-state index contributed by atoms with van der Waals surface area (Å²) in [6, 6.07) is 5.52. The molecule has 0 bridgehead atoms. The second kappa shape index (κ2) is 6.16. The first kappa shape index (κ1) is 12.6. The summed E-state index contributed by atoms with van der Waals surface area (Å²) in [6.07, 6.45) is 1.13. The minimum absolute atomic E-state index is 0.394. The minimum atomic E-state index is -0.558. The number of rotatable bonds is 4. The fourth-order valence-electron chi connectivity index (χ4n) is 1.15. The van der Waals surface area contributed by atoms with Gasteiger partial charge in [0.2, 0.25) is 0 Å². The van der Waals surface area contributed by atoms with Crippen LogP contribution in [-0.2, 0) is 0 Å².